The van der Waals surface area contributed by atoms with E-state index in [0.717, 1.165) is 12.1 Å². The lowest BCUT2D eigenvalue weighted by molar-refractivity contribution is -0.139. The normalized spacial score (nSPS) is 11.7. The minimum absolute atomic E-state index is 0.348. The van der Waals surface area contributed by atoms with Crippen LogP contribution in [-0.4, -0.2) is 17.0 Å². The van der Waals surface area contributed by atoms with Crippen LogP contribution < -0.4 is 5.32 Å². The number of halogens is 2. The average Bonchev–Trinajstić information content (AvgIpc) is 2.45. The quantitative estimate of drug-likeness (QED) is 0.909. The van der Waals surface area contributed by atoms with Gasteiger partial charge >= 0.3 is 5.97 Å². The molecule has 0 aliphatic carbocycles. The molecule has 2 N–H and O–H groups in total. The SMILES string of the molecule is O=C(N[C@@H](C(=O)O)c1ccccc1)c1ccc(F)cc1F. The van der Waals surface area contributed by atoms with Crippen LogP contribution in [0.5, 0.6) is 0 Å². The van der Waals surface area contributed by atoms with Crippen LogP contribution in [-0.2, 0) is 4.79 Å². The highest BCUT2D eigenvalue weighted by Crippen LogP contribution is 2.15. The van der Waals surface area contributed by atoms with E-state index >= 15 is 0 Å². The monoisotopic (exact) mass is 291 g/mol. The van der Waals surface area contributed by atoms with Crippen LogP contribution in [0.25, 0.3) is 0 Å². The number of rotatable bonds is 4. The number of hydrogen-bond acceptors (Lipinski definition) is 2. The van der Waals surface area contributed by atoms with E-state index < -0.39 is 35.1 Å². The van der Waals surface area contributed by atoms with E-state index in [4.69, 9.17) is 5.11 Å². The van der Waals surface area contributed by atoms with Gasteiger partial charge < -0.3 is 10.4 Å². The Morgan fingerprint density at radius 2 is 1.71 bits per heavy atom. The van der Waals surface area contributed by atoms with Crippen LogP contribution in [0, 0.1) is 11.6 Å². The maximum atomic E-state index is 13.5. The number of hydrogen-bond donors (Lipinski definition) is 2. The molecule has 0 aromatic heterocycles. The van der Waals surface area contributed by atoms with Gasteiger partial charge in [0.1, 0.15) is 11.6 Å². The first-order valence-corrected chi connectivity index (χ1v) is 6.02. The van der Waals surface area contributed by atoms with Crippen LogP contribution in [0.15, 0.2) is 48.5 Å². The molecular formula is C15H11F2NO3. The molecule has 2 rings (SSSR count). The van der Waals surface area contributed by atoms with Crippen molar-refractivity contribution in [2.75, 3.05) is 0 Å². The molecule has 108 valence electrons. The Morgan fingerprint density at radius 3 is 2.29 bits per heavy atom. The first-order chi connectivity index (χ1) is 9.99. The number of carbonyl (C=O) groups is 2. The predicted molar refractivity (Wildman–Crippen MR) is 70.6 cm³/mol. The fourth-order valence-electron chi connectivity index (χ4n) is 1.82. The Hall–Kier alpha value is -2.76. The van der Waals surface area contributed by atoms with Gasteiger partial charge in [0.05, 0.1) is 5.56 Å². The molecule has 1 amide bonds. The third-order valence-electron chi connectivity index (χ3n) is 2.83. The minimum Gasteiger partial charge on any atom is -0.479 e. The van der Waals surface area contributed by atoms with Gasteiger partial charge in [0.25, 0.3) is 5.91 Å². The lowest BCUT2D eigenvalue weighted by Crippen LogP contribution is -2.34. The van der Waals surface area contributed by atoms with Crippen molar-refractivity contribution in [3.63, 3.8) is 0 Å². The zero-order valence-electron chi connectivity index (χ0n) is 10.7. The number of amides is 1. The van der Waals surface area contributed by atoms with Crippen molar-refractivity contribution in [3.8, 4) is 0 Å². The van der Waals surface area contributed by atoms with E-state index in [9.17, 15) is 18.4 Å². The molecule has 0 radical (unpaired) electrons. The summed E-state index contributed by atoms with van der Waals surface area (Å²) in [5, 5.41) is 11.4. The molecule has 2 aromatic carbocycles. The van der Waals surface area contributed by atoms with Crippen molar-refractivity contribution in [2.24, 2.45) is 0 Å². The molecule has 0 spiro atoms. The summed E-state index contributed by atoms with van der Waals surface area (Å²) in [4.78, 5) is 23.2. The van der Waals surface area contributed by atoms with Crippen molar-refractivity contribution in [2.45, 2.75) is 6.04 Å². The maximum Gasteiger partial charge on any atom is 0.330 e. The molecule has 0 heterocycles. The molecule has 2 aromatic rings. The molecule has 0 bridgehead atoms. The fourth-order valence-corrected chi connectivity index (χ4v) is 1.82. The van der Waals surface area contributed by atoms with Gasteiger partial charge in [-0.15, -0.1) is 0 Å². The van der Waals surface area contributed by atoms with Gasteiger partial charge in [-0.25, -0.2) is 13.6 Å². The highest BCUT2D eigenvalue weighted by molar-refractivity contribution is 5.97. The second-order valence-corrected chi connectivity index (χ2v) is 4.28. The van der Waals surface area contributed by atoms with Gasteiger partial charge in [-0.3, -0.25) is 4.79 Å². The van der Waals surface area contributed by atoms with Gasteiger partial charge in [-0.05, 0) is 17.7 Å². The van der Waals surface area contributed by atoms with Crippen LogP contribution in [0.3, 0.4) is 0 Å². The zero-order valence-corrected chi connectivity index (χ0v) is 10.7. The smallest absolute Gasteiger partial charge is 0.330 e. The molecular weight excluding hydrogens is 280 g/mol. The highest BCUT2D eigenvalue weighted by Gasteiger charge is 2.23. The Balaban J connectivity index is 2.25. The second-order valence-electron chi connectivity index (χ2n) is 4.28. The predicted octanol–water partition coefficient (Wildman–Crippen LogP) is 2.52. The summed E-state index contributed by atoms with van der Waals surface area (Å²) < 4.78 is 26.3. The number of carbonyl (C=O) groups excluding carboxylic acids is 1. The fraction of sp³-hybridized carbons (Fsp3) is 0.0667. The Labute approximate surface area is 119 Å². The maximum absolute atomic E-state index is 13.5. The summed E-state index contributed by atoms with van der Waals surface area (Å²) in [6.45, 7) is 0. The van der Waals surface area contributed by atoms with Crippen molar-refractivity contribution in [1.29, 1.82) is 0 Å². The number of nitrogens with one attached hydrogen (secondary N) is 1. The van der Waals surface area contributed by atoms with Crippen LogP contribution in [0.2, 0.25) is 0 Å². The molecule has 0 aliphatic heterocycles. The van der Waals surface area contributed by atoms with Gasteiger partial charge in [-0.2, -0.15) is 0 Å². The van der Waals surface area contributed by atoms with E-state index in [1.165, 1.54) is 12.1 Å². The van der Waals surface area contributed by atoms with Gasteiger partial charge in [0, 0.05) is 6.07 Å². The van der Waals surface area contributed by atoms with Gasteiger partial charge in [-0.1, -0.05) is 30.3 Å². The first kappa shape index (κ1) is 14.6. The standard InChI is InChI=1S/C15H11F2NO3/c16-10-6-7-11(12(17)8-10)14(19)18-13(15(20)21)9-4-2-1-3-5-9/h1-8,13H,(H,18,19)(H,20,21)/t13-/m1/s1. The second kappa shape index (κ2) is 6.13. The number of carboxylic acids is 1. The highest BCUT2D eigenvalue weighted by atomic mass is 19.1. The summed E-state index contributed by atoms with van der Waals surface area (Å²) in [6.07, 6.45) is 0. The molecule has 4 nitrogen and oxygen atoms in total. The zero-order chi connectivity index (χ0) is 15.4. The molecule has 0 saturated carbocycles. The van der Waals surface area contributed by atoms with E-state index in [0.29, 0.717) is 11.6 Å². The molecule has 6 heteroatoms. The van der Waals surface area contributed by atoms with Gasteiger partial charge in [0.2, 0.25) is 0 Å². The summed E-state index contributed by atoms with van der Waals surface area (Å²) in [5.74, 6) is -4.08. The van der Waals surface area contributed by atoms with Crippen LogP contribution in [0.4, 0.5) is 8.78 Å². The largest absolute Gasteiger partial charge is 0.479 e. The van der Waals surface area contributed by atoms with E-state index in [1.807, 2.05) is 0 Å². The molecule has 0 saturated heterocycles. The first-order valence-electron chi connectivity index (χ1n) is 6.02. The molecule has 1 atom stereocenters. The van der Waals surface area contributed by atoms with Crippen molar-refractivity contribution in [3.05, 3.63) is 71.3 Å². The van der Waals surface area contributed by atoms with Crippen LogP contribution >= 0.6 is 0 Å². The van der Waals surface area contributed by atoms with Crippen LogP contribution in [0.1, 0.15) is 22.0 Å². The minimum atomic E-state index is -1.32. The van der Waals surface area contributed by atoms with E-state index in [1.54, 1.807) is 18.2 Å². The van der Waals surface area contributed by atoms with E-state index in [-0.39, 0.29) is 0 Å². The summed E-state index contributed by atoms with van der Waals surface area (Å²) in [6, 6.07) is 9.13. The van der Waals surface area contributed by atoms with E-state index in [2.05, 4.69) is 5.32 Å². The number of benzene rings is 2. The third-order valence-corrected chi connectivity index (χ3v) is 2.83. The molecule has 21 heavy (non-hydrogen) atoms. The third kappa shape index (κ3) is 3.42. The average molecular weight is 291 g/mol. The molecule has 0 aliphatic rings. The van der Waals surface area contributed by atoms with Crippen molar-refractivity contribution >= 4 is 11.9 Å². The molecule has 0 unspecified atom stereocenters. The molecule has 0 fully saturated rings. The Kier molecular flexibility index (Phi) is 4.27. The van der Waals surface area contributed by atoms with Gasteiger partial charge in [0.15, 0.2) is 6.04 Å². The summed E-state index contributed by atoms with van der Waals surface area (Å²) in [7, 11) is 0. The lowest BCUT2D eigenvalue weighted by atomic mass is 10.1. The summed E-state index contributed by atoms with van der Waals surface area (Å²) >= 11 is 0. The lowest BCUT2D eigenvalue weighted by Gasteiger charge is -2.15. The Morgan fingerprint density at radius 1 is 1.05 bits per heavy atom. The topological polar surface area (TPSA) is 66.4 Å². The number of aliphatic carboxylic acids is 1. The number of carboxylic acid groups (broad SMARTS) is 1. The van der Waals surface area contributed by atoms with Crippen molar-refractivity contribution < 1.29 is 23.5 Å². The Bertz CT molecular complexity index is 674. The summed E-state index contributed by atoms with van der Waals surface area (Å²) in [5.41, 5.74) is -0.0700. The van der Waals surface area contributed by atoms with Crippen molar-refractivity contribution in [1.82, 2.24) is 5.32 Å².